The van der Waals surface area contributed by atoms with Crippen LogP contribution >= 0.6 is 64.7 Å². The van der Waals surface area contributed by atoms with E-state index in [0.29, 0.717) is 17.1 Å². The summed E-state index contributed by atoms with van der Waals surface area (Å²) in [7, 11) is 20.5. The van der Waals surface area contributed by atoms with Crippen LogP contribution in [0.5, 0.6) is 11.5 Å². The average molecular weight is 2350 g/mol. The molecule has 1 aliphatic carbocycles. The van der Waals surface area contributed by atoms with Crippen LogP contribution in [0.2, 0.25) is 39.3 Å². The van der Waals surface area contributed by atoms with Gasteiger partial charge in [-0.15, -0.1) is 5.41 Å². The Kier molecular flexibility index (Phi) is 58.5. The number of ether oxygens (including phenoxy) is 2. The van der Waals surface area contributed by atoms with Crippen molar-refractivity contribution in [3.05, 3.63) is 402 Å². The Morgan fingerprint density at radius 3 is 1.10 bits per heavy atom. The fourth-order valence-electron chi connectivity index (χ4n) is 17.7. The van der Waals surface area contributed by atoms with E-state index in [1.165, 1.54) is 136 Å². The second-order valence-corrected chi connectivity index (χ2v) is 65.3. The molecular formula is C115H146BCl5CuF4LiN5O6P2Ru2Si2+. The number of aryl methyl sites for hydroxylation is 6. The van der Waals surface area contributed by atoms with Gasteiger partial charge >= 0.3 is 284 Å². The predicted octanol–water partition coefficient (Wildman–Crippen LogP) is 27.0. The van der Waals surface area contributed by atoms with Crippen LogP contribution in [0.25, 0.3) is 16.3 Å². The zero-order valence-electron chi connectivity index (χ0n) is 86.5. The summed E-state index contributed by atoms with van der Waals surface area (Å²) in [5.74, 6) is 1.23. The smallest absolute Gasteiger partial charge is 1.00 e. The van der Waals surface area contributed by atoms with E-state index in [1.54, 1.807) is 22.8 Å². The normalized spacial score (nSPS) is 13.5. The summed E-state index contributed by atoms with van der Waals surface area (Å²) in [4.78, 5) is 22.9. The SMILES string of the molecule is C.C.CC(C)Oc1ccc([N+](=O)[O-])cc1[CH]=[Ru]([Cl])[Cl].CC=Cc1cc([N+](=O)[O-])ccc1OC(C)C.C[Si](C)(C)[N-][Si](C)(C)C.Cc1cc(C)c(N2[CH-]C(C)(C)CC2(C)C)c(C)c1.Cc1cc(C)c([N+]2=CC(C)(C)CC2(C)C)c(C)c1.FB(F)F.[Cl][Cu].[Cl][Ru]([Cl])=[C]1C=C(c2ccccc2)c2ccccc21.[F-].[Li+].c1ccc([PH+](c2ccccc2)c2ccccc2)cc1.c1ccc([PH+](c2ccccc2)c2ccccc2)cc1. The Hall–Kier alpha value is -7.42. The molecule has 0 atom stereocenters. The van der Waals surface area contributed by atoms with Gasteiger partial charge < -0.3 is 19.0 Å². The van der Waals surface area contributed by atoms with Crippen molar-refractivity contribution in [2.45, 2.75) is 222 Å². The van der Waals surface area contributed by atoms with Gasteiger partial charge in [-0.3, -0.25) is 23.1 Å². The van der Waals surface area contributed by atoms with Gasteiger partial charge in [-0.05, 0) is 178 Å². The Balaban J connectivity index is 0.000000552. The third-order valence-electron chi connectivity index (χ3n) is 21.5. The molecule has 0 N–H and O–H groups in total. The molecule has 1 fully saturated rings. The van der Waals surface area contributed by atoms with E-state index in [9.17, 15) is 33.2 Å². The van der Waals surface area contributed by atoms with E-state index in [4.69, 9.17) is 52.9 Å². The van der Waals surface area contributed by atoms with Gasteiger partial charge in [0.15, 0.2) is 11.8 Å². The van der Waals surface area contributed by atoms with Gasteiger partial charge in [0.2, 0.25) is 5.69 Å². The van der Waals surface area contributed by atoms with Crippen LogP contribution in [0.1, 0.15) is 179 Å². The fourth-order valence-corrected chi connectivity index (χ4v) is 35.1. The molecule has 0 saturated carbocycles. The number of benzene rings is 12. The zero-order valence-corrected chi connectivity index (χ0v) is 98.7. The summed E-state index contributed by atoms with van der Waals surface area (Å²) in [6.07, 6.45) is 10.6. The molecule has 12 aromatic rings. The van der Waals surface area contributed by atoms with E-state index in [1.807, 2.05) is 65.0 Å². The molecule has 0 unspecified atom stereocenters. The Morgan fingerprint density at radius 2 is 0.819 bits per heavy atom. The van der Waals surface area contributed by atoms with Crippen molar-refractivity contribution in [3.8, 4) is 11.5 Å². The first-order chi connectivity index (χ1) is 65.8. The van der Waals surface area contributed by atoms with E-state index < -0.39 is 76.7 Å². The largest absolute Gasteiger partial charge is 1.00 e. The first-order valence-electron chi connectivity index (χ1n) is 46.2. The van der Waals surface area contributed by atoms with Crippen LogP contribution < -0.4 is 69.8 Å². The second-order valence-electron chi connectivity index (χ2n) is 39.2. The molecule has 29 heteroatoms. The summed E-state index contributed by atoms with van der Waals surface area (Å²) in [5.41, 5.74) is 18.3. The molecule has 11 nitrogen and oxygen atoms in total. The summed E-state index contributed by atoms with van der Waals surface area (Å²) in [6.45, 7) is 57.6. The quantitative estimate of drug-likeness (QED) is 0.0150. The second kappa shape index (κ2) is 63.5. The number of non-ortho nitro benzene ring substituents is 2. The number of nitro benzene ring substituents is 2. The molecule has 0 aromatic heterocycles. The molecule has 144 heavy (non-hydrogen) atoms. The number of allylic oxidation sites excluding steroid dienone is 2. The molecule has 778 valence electrons. The predicted molar refractivity (Wildman–Crippen MR) is 616 cm³/mol. The van der Waals surface area contributed by atoms with Gasteiger partial charge in [0.05, 0.1) is 26.9 Å². The van der Waals surface area contributed by atoms with E-state index in [2.05, 4.69) is 426 Å². The first kappa shape index (κ1) is 133. The molecule has 1 saturated heterocycles. The number of nitrogens with zero attached hydrogens (tertiary/aromatic N) is 5. The van der Waals surface area contributed by atoms with Crippen LogP contribution in [0.4, 0.5) is 35.7 Å². The summed E-state index contributed by atoms with van der Waals surface area (Å²) < 4.78 is 50.2. The summed E-state index contributed by atoms with van der Waals surface area (Å²) in [5, 5.41) is 29.9. The van der Waals surface area contributed by atoms with E-state index in [0.717, 1.165) is 9.67 Å². The third-order valence-corrected chi connectivity index (χ3v) is 37.3. The Labute approximate surface area is 914 Å². The Morgan fingerprint density at radius 1 is 0.500 bits per heavy atom. The molecule has 15 rings (SSSR count). The topological polar surface area (TPSA) is 125 Å². The zero-order chi connectivity index (χ0) is 104. The molecule has 0 amide bonds. The van der Waals surface area contributed by atoms with E-state index in [-0.39, 0.29) is 83.9 Å². The number of fused-ring (bicyclic) bond motifs is 1. The molecule has 0 bridgehead atoms. The number of halogens is 9. The number of nitro groups is 2. The maximum Gasteiger partial charge on any atom is 1.00 e. The fraction of sp³-hybridized carbons (Fsp3) is 0.304. The van der Waals surface area contributed by atoms with Gasteiger partial charge in [-0.2, -0.15) is 4.58 Å². The van der Waals surface area contributed by atoms with Crippen molar-refractivity contribution >= 4 is 170 Å². The molecule has 12 aromatic carbocycles. The third kappa shape index (κ3) is 44.4. The van der Waals surface area contributed by atoms with Gasteiger partial charge in [0, 0.05) is 65.7 Å². The molecule has 2 heterocycles. The van der Waals surface area contributed by atoms with Crippen LogP contribution in [0, 0.1) is 79.1 Å². The number of anilines is 1. The molecule has 3 aliphatic rings. The van der Waals surface area contributed by atoms with Crippen LogP contribution in [-0.2, 0) is 42.1 Å². The van der Waals surface area contributed by atoms with Crippen molar-refractivity contribution in [1.82, 2.24) is 0 Å². The van der Waals surface area contributed by atoms with Crippen molar-refractivity contribution in [1.29, 1.82) is 0 Å². The minimum Gasteiger partial charge on any atom is -1.00 e. The molecule has 2 aliphatic heterocycles. The minimum absolute atomic E-state index is 0. The van der Waals surface area contributed by atoms with Gasteiger partial charge in [0.1, 0.15) is 37.6 Å². The van der Waals surface area contributed by atoms with Gasteiger partial charge in [-0.1, -0.05) is 249 Å². The maximum absolute atomic E-state index is 10.7. The van der Waals surface area contributed by atoms with Crippen LogP contribution in [0.3, 0.4) is 0 Å². The molecule has 0 spiro atoms. The standard InChI is InChI=1S/2C18H15P.2C17H26N.C15H10.C12H15NO3.C10H11NO3.C6H18NSi2.2CH4.BF3.5ClH.Cu.FH.Li.2Ru/c2*1-4-10-16(11-5-1)19(17-12-6-2-7-13-17)18-14-8-3-9-15-18;2*1-12-8-13(2)15(14(3)9-12)18-11-16(4,5)10-17(18,6)7;1-2-6-12(7-3-1)15-11-10-13-8-4-5-9-14(13)15;1-4-5-10-8-11(13(14)15)6-7-12(10)16-9(2)3;1-7(2)14-10-5-4-9(11(12)13)6-8(10)3;1-8(2,3)7-9(4,5)6;;;2-1(3)4;;;;;;;;;;/h2*1-15H;2*8-9,11H,10H2,1-7H3;1-9,11H;4-9H,1-3H3;3-7H,1-2H3;1-6H3;2*1H4;;5*1H;;1H;;;/q;;-1;+1;;;;-1;;;;;;;;;+1;;+1;2*+2/p-4. The molecular weight excluding hydrogens is 2200 g/mol. The van der Waals surface area contributed by atoms with Crippen molar-refractivity contribution in [3.63, 3.8) is 0 Å². The first-order valence-corrected chi connectivity index (χ1v) is 68.2. The van der Waals surface area contributed by atoms with Crippen LogP contribution in [-0.4, -0.2) is 76.7 Å². The van der Waals surface area contributed by atoms with Crippen molar-refractivity contribution < 1.29 is 103 Å². The minimum atomic E-state index is -3.67. The van der Waals surface area contributed by atoms with Gasteiger partial charge in [0.25, 0.3) is 5.69 Å². The van der Waals surface area contributed by atoms with Crippen molar-refractivity contribution in [2.75, 3.05) is 4.90 Å². The molecule has 0 radical (unpaired) electrons. The maximum atomic E-state index is 10.7. The van der Waals surface area contributed by atoms with Crippen LogP contribution in [0.15, 0.2) is 309 Å². The van der Waals surface area contributed by atoms with Crippen molar-refractivity contribution in [2.24, 2.45) is 10.8 Å². The Bertz CT molecular complexity index is 5760. The number of hydrogen-bond acceptors (Lipinski definition) is 7. The number of hydrogen-bond donors (Lipinski definition) is 0. The van der Waals surface area contributed by atoms with E-state index >= 15 is 0 Å². The summed E-state index contributed by atoms with van der Waals surface area (Å²) >= 11 is -0.267. The summed E-state index contributed by atoms with van der Waals surface area (Å²) in [6, 6.07) is 102. The van der Waals surface area contributed by atoms with Gasteiger partial charge in [-0.25, -0.2) is 6.54 Å². The average Bonchev–Trinajstić information content (AvgIpc) is 1.60. The monoisotopic (exact) mass is 2350 g/mol. The number of rotatable bonds is 19.